The van der Waals surface area contributed by atoms with E-state index in [1.54, 1.807) is 0 Å². The van der Waals surface area contributed by atoms with Gasteiger partial charge in [-0.1, -0.05) is 6.92 Å². The first-order valence-electron chi connectivity index (χ1n) is 7.65. The van der Waals surface area contributed by atoms with Crippen molar-refractivity contribution >= 4 is 17.3 Å². The third-order valence-corrected chi connectivity index (χ3v) is 3.63. The Kier molecular flexibility index (Phi) is 3.96. The highest BCUT2D eigenvalue weighted by molar-refractivity contribution is 5.67. The van der Waals surface area contributed by atoms with Gasteiger partial charge in [0.1, 0.15) is 5.82 Å². The number of nitrogens with one attached hydrogen (secondary N) is 1. The van der Waals surface area contributed by atoms with Gasteiger partial charge in [-0.2, -0.15) is 0 Å². The van der Waals surface area contributed by atoms with Gasteiger partial charge in [0.05, 0.1) is 18.4 Å². The molecule has 6 nitrogen and oxygen atoms in total. The first-order chi connectivity index (χ1) is 10.2. The molecule has 2 aromatic rings. The molecule has 0 radical (unpaired) electrons. The summed E-state index contributed by atoms with van der Waals surface area (Å²) in [6.07, 6.45) is 7.26. The summed E-state index contributed by atoms with van der Waals surface area (Å²) < 4.78 is 7.85. The Morgan fingerprint density at radius 1 is 1.33 bits per heavy atom. The smallest absolute Gasteiger partial charge is 0.180 e. The Balaban J connectivity index is 1.97. The number of ether oxygens (including phenoxy) is 1. The highest BCUT2D eigenvalue weighted by atomic mass is 16.5. The topological polar surface area (TPSA) is 54.7 Å². The number of rotatable bonds is 4. The van der Waals surface area contributed by atoms with Crippen molar-refractivity contribution in [3.8, 4) is 0 Å². The summed E-state index contributed by atoms with van der Waals surface area (Å²) in [5.74, 6) is 1.83. The average Bonchev–Trinajstić information content (AvgIpc) is 2.91. The van der Waals surface area contributed by atoms with Gasteiger partial charge < -0.3 is 19.4 Å². The van der Waals surface area contributed by atoms with Crippen molar-refractivity contribution in [3.63, 3.8) is 0 Å². The second kappa shape index (κ2) is 5.89. The van der Waals surface area contributed by atoms with Crippen LogP contribution < -0.4 is 10.2 Å². The molecular formula is C15H23N5O. The summed E-state index contributed by atoms with van der Waals surface area (Å²) in [4.78, 5) is 11.5. The van der Waals surface area contributed by atoms with Crippen molar-refractivity contribution in [2.75, 3.05) is 29.9 Å². The molecule has 0 aromatic carbocycles. The molecule has 0 spiro atoms. The monoisotopic (exact) mass is 289 g/mol. The van der Waals surface area contributed by atoms with Crippen LogP contribution in [-0.2, 0) is 4.74 Å². The van der Waals surface area contributed by atoms with Crippen LogP contribution >= 0.6 is 0 Å². The van der Waals surface area contributed by atoms with E-state index in [0.29, 0.717) is 0 Å². The van der Waals surface area contributed by atoms with E-state index in [9.17, 15) is 0 Å². The van der Waals surface area contributed by atoms with Crippen molar-refractivity contribution in [1.82, 2.24) is 14.4 Å². The Hall–Kier alpha value is -1.82. The van der Waals surface area contributed by atoms with Gasteiger partial charge in [-0.05, 0) is 20.3 Å². The molecule has 6 heteroatoms. The van der Waals surface area contributed by atoms with Gasteiger partial charge >= 0.3 is 0 Å². The standard InChI is InChI=1S/C15H23N5O/c1-4-5-16-13-10-19-7-6-17-14(19)15(18-13)20-8-11(2)21-12(3)9-20/h6-7,10-12,16H,4-5,8-9H2,1-3H3/t11-,12+. The van der Waals surface area contributed by atoms with Gasteiger partial charge in [0.15, 0.2) is 11.5 Å². The molecule has 0 saturated carbocycles. The predicted octanol–water partition coefficient (Wildman–Crippen LogP) is 2.16. The number of hydrogen-bond donors (Lipinski definition) is 1. The maximum atomic E-state index is 5.81. The highest BCUT2D eigenvalue weighted by Gasteiger charge is 2.25. The molecule has 1 aliphatic rings. The van der Waals surface area contributed by atoms with E-state index in [1.165, 1.54) is 0 Å². The summed E-state index contributed by atoms with van der Waals surface area (Å²) in [6, 6.07) is 0. The summed E-state index contributed by atoms with van der Waals surface area (Å²) in [6.45, 7) is 8.96. The molecule has 3 rings (SSSR count). The van der Waals surface area contributed by atoms with Crippen molar-refractivity contribution in [3.05, 3.63) is 18.6 Å². The van der Waals surface area contributed by atoms with Crippen LogP contribution in [0.25, 0.3) is 5.65 Å². The first kappa shape index (κ1) is 14.1. The first-order valence-corrected chi connectivity index (χ1v) is 7.65. The maximum absolute atomic E-state index is 5.81. The van der Waals surface area contributed by atoms with Crippen molar-refractivity contribution in [1.29, 1.82) is 0 Å². The number of aromatic nitrogens is 3. The quantitative estimate of drug-likeness (QED) is 0.935. The molecule has 1 fully saturated rings. The van der Waals surface area contributed by atoms with Gasteiger partial charge in [0.25, 0.3) is 0 Å². The van der Waals surface area contributed by atoms with Gasteiger partial charge in [-0.25, -0.2) is 9.97 Å². The Labute approximate surface area is 125 Å². The lowest BCUT2D eigenvalue weighted by Gasteiger charge is -2.36. The molecule has 1 N–H and O–H groups in total. The van der Waals surface area contributed by atoms with Crippen LogP contribution in [0.4, 0.5) is 11.6 Å². The van der Waals surface area contributed by atoms with Gasteiger partial charge in [-0.3, -0.25) is 0 Å². The van der Waals surface area contributed by atoms with Crippen LogP contribution in [0.3, 0.4) is 0 Å². The lowest BCUT2D eigenvalue weighted by molar-refractivity contribution is -0.00539. The zero-order valence-electron chi connectivity index (χ0n) is 12.9. The molecule has 1 saturated heterocycles. The van der Waals surface area contributed by atoms with Crippen molar-refractivity contribution in [2.45, 2.75) is 39.4 Å². The molecule has 114 valence electrons. The second-order valence-electron chi connectivity index (χ2n) is 5.70. The number of nitrogens with zero attached hydrogens (tertiary/aromatic N) is 4. The van der Waals surface area contributed by atoms with Crippen LogP contribution in [-0.4, -0.2) is 46.2 Å². The molecule has 1 aliphatic heterocycles. The maximum Gasteiger partial charge on any atom is 0.180 e. The highest BCUT2D eigenvalue weighted by Crippen LogP contribution is 2.24. The van der Waals surface area contributed by atoms with Crippen molar-refractivity contribution < 1.29 is 4.74 Å². The summed E-state index contributed by atoms with van der Waals surface area (Å²) >= 11 is 0. The fourth-order valence-corrected chi connectivity index (χ4v) is 2.82. The van der Waals surface area contributed by atoms with Gasteiger partial charge in [0.2, 0.25) is 0 Å². The summed E-state index contributed by atoms with van der Waals surface area (Å²) in [5, 5.41) is 3.36. The zero-order valence-corrected chi connectivity index (χ0v) is 12.9. The minimum Gasteiger partial charge on any atom is -0.372 e. The zero-order chi connectivity index (χ0) is 14.8. The fourth-order valence-electron chi connectivity index (χ4n) is 2.82. The molecular weight excluding hydrogens is 266 g/mol. The van der Waals surface area contributed by atoms with E-state index in [1.807, 2.05) is 23.0 Å². The average molecular weight is 289 g/mol. The number of imidazole rings is 1. The minimum atomic E-state index is 0.206. The fraction of sp³-hybridized carbons (Fsp3) is 0.600. The summed E-state index contributed by atoms with van der Waals surface area (Å²) in [5.41, 5.74) is 0.901. The SMILES string of the molecule is CCCNc1cn2ccnc2c(N2C[C@@H](C)O[C@@H](C)C2)n1. The second-order valence-corrected chi connectivity index (χ2v) is 5.70. The lowest BCUT2D eigenvalue weighted by Crippen LogP contribution is -2.46. The molecule has 21 heavy (non-hydrogen) atoms. The minimum absolute atomic E-state index is 0.206. The largest absolute Gasteiger partial charge is 0.372 e. The van der Waals surface area contributed by atoms with E-state index < -0.39 is 0 Å². The van der Waals surface area contributed by atoms with E-state index in [4.69, 9.17) is 9.72 Å². The third kappa shape index (κ3) is 2.95. The Morgan fingerprint density at radius 2 is 2.10 bits per heavy atom. The van der Waals surface area contributed by atoms with E-state index in [0.717, 1.165) is 43.3 Å². The Bertz CT molecular complexity index is 601. The van der Waals surface area contributed by atoms with Gasteiger partial charge in [-0.15, -0.1) is 0 Å². The van der Waals surface area contributed by atoms with Crippen molar-refractivity contribution in [2.24, 2.45) is 0 Å². The summed E-state index contributed by atoms with van der Waals surface area (Å²) in [7, 11) is 0. The molecule has 3 heterocycles. The molecule has 0 aliphatic carbocycles. The van der Waals surface area contributed by atoms with Crippen LogP contribution in [0.5, 0.6) is 0 Å². The normalized spacial score (nSPS) is 22.7. The predicted molar refractivity (Wildman–Crippen MR) is 84.0 cm³/mol. The third-order valence-electron chi connectivity index (χ3n) is 3.63. The number of hydrogen-bond acceptors (Lipinski definition) is 5. The van der Waals surface area contributed by atoms with Crippen LogP contribution in [0.2, 0.25) is 0 Å². The van der Waals surface area contributed by atoms with Crippen LogP contribution in [0.15, 0.2) is 18.6 Å². The molecule has 2 aromatic heterocycles. The molecule has 0 amide bonds. The van der Waals surface area contributed by atoms with Crippen LogP contribution in [0, 0.1) is 0 Å². The lowest BCUT2D eigenvalue weighted by atomic mass is 10.2. The molecule has 2 atom stereocenters. The molecule has 0 bridgehead atoms. The number of anilines is 2. The van der Waals surface area contributed by atoms with E-state index in [-0.39, 0.29) is 12.2 Å². The molecule has 0 unspecified atom stereocenters. The van der Waals surface area contributed by atoms with Crippen LogP contribution in [0.1, 0.15) is 27.2 Å². The Morgan fingerprint density at radius 3 is 2.81 bits per heavy atom. The number of fused-ring (bicyclic) bond motifs is 1. The van der Waals surface area contributed by atoms with E-state index in [2.05, 4.69) is 36.0 Å². The number of morpholine rings is 1. The van der Waals surface area contributed by atoms with Gasteiger partial charge in [0, 0.05) is 32.0 Å². The van der Waals surface area contributed by atoms with E-state index >= 15 is 0 Å².